The first-order valence-corrected chi connectivity index (χ1v) is 11.6. The van der Waals surface area contributed by atoms with Crippen molar-refractivity contribution < 1.29 is 9.90 Å². The van der Waals surface area contributed by atoms with Crippen molar-refractivity contribution >= 4 is 38.3 Å². The lowest BCUT2D eigenvalue weighted by Crippen LogP contribution is -2.12. The van der Waals surface area contributed by atoms with Crippen LogP contribution in [0.5, 0.6) is 0 Å². The average Bonchev–Trinajstić information content (AvgIpc) is 2.76. The quantitative estimate of drug-likeness (QED) is 0.203. The molecule has 4 aromatic carbocycles. The van der Waals surface area contributed by atoms with Crippen molar-refractivity contribution in [3.05, 3.63) is 60.2 Å². The Labute approximate surface area is 179 Å². The van der Waals surface area contributed by atoms with Gasteiger partial charge in [-0.1, -0.05) is 113 Å². The van der Waals surface area contributed by atoms with Crippen molar-refractivity contribution in [3.8, 4) is 0 Å². The topological polar surface area (TPSA) is 37.3 Å². The molecule has 0 heterocycles. The highest BCUT2D eigenvalue weighted by Crippen LogP contribution is 2.39. The first kappa shape index (κ1) is 20.7. The Morgan fingerprint density at radius 1 is 0.733 bits per heavy atom. The maximum absolute atomic E-state index is 12.2. The van der Waals surface area contributed by atoms with E-state index in [1.165, 1.54) is 65.5 Å². The minimum atomic E-state index is -0.701. The van der Waals surface area contributed by atoms with Crippen LogP contribution in [0, 0.1) is 0 Å². The van der Waals surface area contributed by atoms with Gasteiger partial charge in [-0.05, 0) is 44.3 Å². The van der Waals surface area contributed by atoms with Crippen molar-refractivity contribution in [2.45, 2.75) is 70.6 Å². The third kappa shape index (κ3) is 4.14. The molecule has 2 nitrogen and oxygen atoms in total. The lowest BCUT2D eigenvalue weighted by atomic mass is 9.85. The molecule has 0 radical (unpaired) electrons. The molecule has 4 rings (SSSR count). The van der Waals surface area contributed by atoms with Gasteiger partial charge in [0.05, 0.1) is 5.92 Å². The van der Waals surface area contributed by atoms with E-state index < -0.39 is 11.9 Å². The van der Waals surface area contributed by atoms with Crippen LogP contribution in [0.1, 0.15) is 76.2 Å². The molecule has 0 fully saturated rings. The van der Waals surface area contributed by atoms with Crippen LogP contribution in [0.3, 0.4) is 0 Å². The Bertz CT molecular complexity index is 1110. The summed E-state index contributed by atoms with van der Waals surface area (Å²) in [4.78, 5) is 12.2. The maximum atomic E-state index is 12.2. The number of carboxylic acids is 1. The van der Waals surface area contributed by atoms with Crippen LogP contribution in [-0.4, -0.2) is 11.1 Å². The van der Waals surface area contributed by atoms with Crippen LogP contribution >= 0.6 is 0 Å². The Kier molecular flexibility index (Phi) is 6.52. The third-order valence-corrected chi connectivity index (χ3v) is 6.58. The van der Waals surface area contributed by atoms with Crippen molar-refractivity contribution in [3.63, 3.8) is 0 Å². The van der Waals surface area contributed by atoms with Gasteiger partial charge in [-0.2, -0.15) is 0 Å². The largest absolute Gasteiger partial charge is 0.481 e. The molecule has 0 aliphatic rings. The maximum Gasteiger partial charge on any atom is 0.310 e. The summed E-state index contributed by atoms with van der Waals surface area (Å²) in [5.74, 6) is -1.14. The highest BCUT2D eigenvalue weighted by Gasteiger charge is 2.23. The van der Waals surface area contributed by atoms with Gasteiger partial charge in [-0.15, -0.1) is 0 Å². The molecule has 30 heavy (non-hydrogen) atoms. The predicted molar refractivity (Wildman–Crippen MR) is 128 cm³/mol. The van der Waals surface area contributed by atoms with Crippen molar-refractivity contribution in [2.75, 3.05) is 0 Å². The van der Waals surface area contributed by atoms with Crippen LogP contribution in [0.25, 0.3) is 32.3 Å². The fraction of sp³-hybridized carbons (Fsp3) is 0.393. The van der Waals surface area contributed by atoms with E-state index in [1.54, 1.807) is 0 Å². The second-order valence-electron chi connectivity index (χ2n) is 8.67. The van der Waals surface area contributed by atoms with Gasteiger partial charge in [0.15, 0.2) is 0 Å². The normalized spacial score (nSPS) is 12.8. The number of benzene rings is 4. The molecule has 0 aromatic heterocycles. The minimum Gasteiger partial charge on any atom is -0.481 e. The summed E-state index contributed by atoms with van der Waals surface area (Å²) in [6, 6.07) is 19.1. The summed E-state index contributed by atoms with van der Waals surface area (Å²) in [5, 5.41) is 17.2. The number of rotatable bonds is 11. The molecule has 0 saturated heterocycles. The van der Waals surface area contributed by atoms with Gasteiger partial charge in [0.2, 0.25) is 0 Å². The number of unbranched alkanes of at least 4 members (excludes halogenated alkanes) is 7. The van der Waals surface area contributed by atoms with Gasteiger partial charge >= 0.3 is 5.97 Å². The summed E-state index contributed by atoms with van der Waals surface area (Å²) in [6.45, 7) is 2.24. The molecule has 0 aliphatic heterocycles. The van der Waals surface area contributed by atoms with Crippen molar-refractivity contribution in [1.29, 1.82) is 0 Å². The van der Waals surface area contributed by atoms with Crippen LogP contribution in [0.15, 0.2) is 54.6 Å². The fourth-order valence-electron chi connectivity index (χ4n) is 4.96. The molecule has 1 atom stereocenters. The molecule has 0 saturated carbocycles. The van der Waals surface area contributed by atoms with Crippen molar-refractivity contribution in [2.24, 2.45) is 0 Å². The zero-order valence-electron chi connectivity index (χ0n) is 18.0. The Hall–Kier alpha value is -2.61. The van der Waals surface area contributed by atoms with Crippen LogP contribution in [0.4, 0.5) is 0 Å². The van der Waals surface area contributed by atoms with Gasteiger partial charge in [-0.3, -0.25) is 4.79 Å². The molecule has 0 amide bonds. The van der Waals surface area contributed by atoms with E-state index in [2.05, 4.69) is 55.5 Å². The molecular formula is C28H32O2. The highest BCUT2D eigenvalue weighted by atomic mass is 16.4. The second-order valence-corrected chi connectivity index (χ2v) is 8.67. The number of carboxylic acid groups (broad SMARTS) is 1. The SMILES string of the molecule is CCCCCCCCCCC(C(=O)O)c1ccc2ccc3cccc4ccc1c2c34. The van der Waals surface area contributed by atoms with Gasteiger partial charge in [0.1, 0.15) is 0 Å². The molecule has 0 aliphatic carbocycles. The number of hydrogen-bond donors (Lipinski definition) is 1. The third-order valence-electron chi connectivity index (χ3n) is 6.58. The lowest BCUT2D eigenvalue weighted by molar-refractivity contribution is -0.139. The standard InChI is InChI=1S/C28H32O2/c1-2-3-4-5-6-7-8-9-13-25(28(29)30)23-18-16-22-15-14-20-11-10-12-21-17-19-24(23)27(22)26(20)21/h10-12,14-19,25H,2-9,13H2,1H3,(H,29,30). The highest BCUT2D eigenvalue weighted by molar-refractivity contribution is 6.23. The van der Waals surface area contributed by atoms with E-state index in [0.717, 1.165) is 23.8 Å². The van der Waals surface area contributed by atoms with Crippen molar-refractivity contribution in [1.82, 2.24) is 0 Å². The minimum absolute atomic E-state index is 0.436. The zero-order valence-corrected chi connectivity index (χ0v) is 18.0. The van der Waals surface area contributed by atoms with E-state index in [9.17, 15) is 9.90 Å². The van der Waals surface area contributed by atoms with Crippen LogP contribution in [0.2, 0.25) is 0 Å². The first-order chi connectivity index (χ1) is 14.7. The van der Waals surface area contributed by atoms with E-state index in [-0.39, 0.29) is 0 Å². The summed E-state index contributed by atoms with van der Waals surface area (Å²) in [7, 11) is 0. The summed E-state index contributed by atoms with van der Waals surface area (Å²) in [5.41, 5.74) is 0.969. The number of hydrogen-bond acceptors (Lipinski definition) is 1. The molecule has 156 valence electrons. The van der Waals surface area contributed by atoms with Gasteiger partial charge in [-0.25, -0.2) is 0 Å². The molecule has 2 heteroatoms. The number of aliphatic carboxylic acids is 1. The average molecular weight is 401 g/mol. The Morgan fingerprint density at radius 2 is 1.30 bits per heavy atom. The van der Waals surface area contributed by atoms with E-state index in [1.807, 2.05) is 6.07 Å². The lowest BCUT2D eigenvalue weighted by Gasteiger charge is -2.18. The number of carbonyl (C=O) groups is 1. The summed E-state index contributed by atoms with van der Waals surface area (Å²) >= 11 is 0. The first-order valence-electron chi connectivity index (χ1n) is 11.6. The summed E-state index contributed by atoms with van der Waals surface area (Å²) in [6.07, 6.45) is 10.6. The molecule has 1 N–H and O–H groups in total. The zero-order chi connectivity index (χ0) is 20.9. The Morgan fingerprint density at radius 3 is 1.97 bits per heavy atom. The van der Waals surface area contributed by atoms with Gasteiger partial charge < -0.3 is 5.11 Å². The van der Waals surface area contributed by atoms with Crippen LogP contribution in [-0.2, 0) is 4.79 Å². The monoisotopic (exact) mass is 400 g/mol. The van der Waals surface area contributed by atoms with Gasteiger partial charge in [0, 0.05) is 0 Å². The van der Waals surface area contributed by atoms with Crippen LogP contribution < -0.4 is 0 Å². The molecule has 0 bridgehead atoms. The Balaban J connectivity index is 1.56. The summed E-state index contributed by atoms with van der Waals surface area (Å²) < 4.78 is 0. The molecule has 0 spiro atoms. The van der Waals surface area contributed by atoms with E-state index in [4.69, 9.17) is 0 Å². The molecule has 1 unspecified atom stereocenters. The molecule has 4 aromatic rings. The fourth-order valence-corrected chi connectivity index (χ4v) is 4.96. The van der Waals surface area contributed by atoms with E-state index >= 15 is 0 Å². The predicted octanol–water partition coefficient (Wildman–Crippen LogP) is 8.28. The van der Waals surface area contributed by atoms with Gasteiger partial charge in [0.25, 0.3) is 0 Å². The second kappa shape index (κ2) is 9.47. The smallest absolute Gasteiger partial charge is 0.310 e. The molecular weight excluding hydrogens is 368 g/mol. The van der Waals surface area contributed by atoms with E-state index in [0.29, 0.717) is 6.42 Å².